The van der Waals surface area contributed by atoms with Crippen LogP contribution in [0.4, 0.5) is 11.5 Å². The molecule has 0 saturated carbocycles. The molecule has 17 heavy (non-hydrogen) atoms. The predicted octanol–water partition coefficient (Wildman–Crippen LogP) is 1.47. The topological polar surface area (TPSA) is 109 Å². The van der Waals surface area contributed by atoms with E-state index in [0.717, 1.165) is 0 Å². The van der Waals surface area contributed by atoms with E-state index in [1.165, 1.54) is 12.3 Å². The number of nitrogens with two attached hydrogens (primary N) is 1. The number of nitrogens with zero attached hydrogens (tertiary/aromatic N) is 2. The number of nitriles is 1. The zero-order valence-corrected chi connectivity index (χ0v) is 11.4. The third kappa shape index (κ3) is 3.31. The maximum absolute atomic E-state index is 11.8. The van der Waals surface area contributed by atoms with Crippen LogP contribution in [0.15, 0.2) is 16.7 Å². The highest BCUT2D eigenvalue weighted by Gasteiger charge is 2.24. The van der Waals surface area contributed by atoms with Gasteiger partial charge in [-0.05, 0) is 28.4 Å². The minimum absolute atomic E-state index is 0.118. The number of hydrogen-bond donors (Lipinski definition) is 2. The summed E-state index contributed by atoms with van der Waals surface area (Å²) in [4.78, 5) is 3.84. The lowest BCUT2D eigenvalue weighted by Gasteiger charge is -2.11. The average Bonchev–Trinajstić information content (AvgIpc) is 2.23. The van der Waals surface area contributed by atoms with Crippen LogP contribution in [0.3, 0.4) is 0 Å². The van der Waals surface area contributed by atoms with Gasteiger partial charge in [0, 0.05) is 0 Å². The highest BCUT2D eigenvalue weighted by molar-refractivity contribution is 9.10. The van der Waals surface area contributed by atoms with Gasteiger partial charge in [0.1, 0.15) is 0 Å². The molecule has 3 N–H and O–H groups in total. The molecule has 1 aromatic rings. The SMILES string of the molecule is CCC(C#N)S(=O)(=O)Nc1ncc(N)cc1Br. The van der Waals surface area contributed by atoms with Crippen molar-refractivity contribution in [3.8, 4) is 6.07 Å². The van der Waals surface area contributed by atoms with Crippen molar-refractivity contribution in [3.63, 3.8) is 0 Å². The van der Waals surface area contributed by atoms with E-state index in [0.29, 0.717) is 10.2 Å². The van der Waals surface area contributed by atoms with Gasteiger partial charge in [0.15, 0.2) is 11.1 Å². The minimum atomic E-state index is -3.76. The minimum Gasteiger partial charge on any atom is -0.397 e. The van der Waals surface area contributed by atoms with Crippen LogP contribution < -0.4 is 10.5 Å². The van der Waals surface area contributed by atoms with Gasteiger partial charge in [-0.1, -0.05) is 6.92 Å². The van der Waals surface area contributed by atoms with Crippen LogP contribution in [-0.2, 0) is 10.0 Å². The number of aromatic nitrogens is 1. The average molecular weight is 319 g/mol. The molecule has 92 valence electrons. The lowest BCUT2D eigenvalue weighted by atomic mass is 10.4. The molecule has 0 fully saturated rings. The fraction of sp³-hybridized carbons (Fsp3) is 0.333. The van der Waals surface area contributed by atoms with Crippen LogP contribution in [0.2, 0.25) is 0 Å². The molecule has 0 radical (unpaired) electrons. The summed E-state index contributed by atoms with van der Waals surface area (Å²) in [5.41, 5.74) is 5.89. The van der Waals surface area contributed by atoms with Gasteiger partial charge in [0.25, 0.3) is 0 Å². The van der Waals surface area contributed by atoms with Crippen molar-refractivity contribution in [3.05, 3.63) is 16.7 Å². The van der Waals surface area contributed by atoms with Gasteiger partial charge in [-0.15, -0.1) is 0 Å². The van der Waals surface area contributed by atoms with E-state index in [1.54, 1.807) is 13.0 Å². The summed E-state index contributed by atoms with van der Waals surface area (Å²) in [6, 6.07) is 3.25. The molecule has 1 atom stereocenters. The van der Waals surface area contributed by atoms with Crippen LogP contribution >= 0.6 is 15.9 Å². The molecule has 8 heteroatoms. The van der Waals surface area contributed by atoms with Gasteiger partial charge in [0.05, 0.1) is 22.4 Å². The summed E-state index contributed by atoms with van der Waals surface area (Å²) < 4.78 is 26.2. The molecule has 0 aliphatic rings. The maximum Gasteiger partial charge on any atom is 0.250 e. The first kappa shape index (κ1) is 13.7. The Hall–Kier alpha value is -1.33. The van der Waals surface area contributed by atoms with Gasteiger partial charge in [-0.2, -0.15) is 5.26 Å². The highest BCUT2D eigenvalue weighted by atomic mass is 79.9. The van der Waals surface area contributed by atoms with Crippen LogP contribution in [0.25, 0.3) is 0 Å². The second-order valence-electron chi connectivity index (χ2n) is 3.27. The van der Waals surface area contributed by atoms with Gasteiger partial charge in [0.2, 0.25) is 10.0 Å². The highest BCUT2D eigenvalue weighted by Crippen LogP contribution is 2.23. The third-order valence-corrected chi connectivity index (χ3v) is 4.26. The van der Waals surface area contributed by atoms with E-state index < -0.39 is 15.3 Å². The first-order valence-corrected chi connectivity index (χ1v) is 7.07. The Balaban J connectivity index is 3.03. The Morgan fingerprint density at radius 3 is 2.82 bits per heavy atom. The number of anilines is 2. The molecule has 1 aromatic heterocycles. The van der Waals surface area contributed by atoms with Gasteiger partial charge >= 0.3 is 0 Å². The maximum atomic E-state index is 11.8. The Labute approximate surface area is 108 Å². The number of hydrogen-bond acceptors (Lipinski definition) is 5. The fourth-order valence-electron chi connectivity index (χ4n) is 1.11. The van der Waals surface area contributed by atoms with Crippen molar-refractivity contribution < 1.29 is 8.42 Å². The van der Waals surface area contributed by atoms with Crippen LogP contribution in [-0.4, -0.2) is 18.7 Å². The van der Waals surface area contributed by atoms with Gasteiger partial charge < -0.3 is 5.73 Å². The van der Waals surface area contributed by atoms with Gasteiger partial charge in [-0.25, -0.2) is 13.4 Å². The Bertz CT molecular complexity index is 553. The smallest absolute Gasteiger partial charge is 0.250 e. The molecule has 0 aromatic carbocycles. The molecular formula is C9H11BrN4O2S. The molecule has 0 amide bonds. The zero-order valence-electron chi connectivity index (χ0n) is 9.01. The van der Waals surface area contributed by atoms with E-state index in [-0.39, 0.29) is 12.2 Å². The normalized spacial score (nSPS) is 12.8. The van der Waals surface area contributed by atoms with Crippen molar-refractivity contribution in [1.82, 2.24) is 4.98 Å². The Morgan fingerprint density at radius 2 is 2.35 bits per heavy atom. The largest absolute Gasteiger partial charge is 0.397 e. The summed E-state index contributed by atoms with van der Waals surface area (Å²) in [6.07, 6.45) is 1.54. The number of pyridine rings is 1. The van der Waals surface area contributed by atoms with E-state index >= 15 is 0 Å². The van der Waals surface area contributed by atoms with Crippen molar-refractivity contribution in [2.24, 2.45) is 0 Å². The second-order valence-corrected chi connectivity index (χ2v) is 5.99. The Kier molecular flexibility index (Phi) is 4.31. The standard InChI is InChI=1S/C9H11BrN4O2S/c1-2-7(4-11)17(15,16)14-9-8(10)3-6(12)5-13-9/h3,5,7H,2,12H2,1H3,(H,13,14). The lowest BCUT2D eigenvalue weighted by Crippen LogP contribution is -2.26. The van der Waals surface area contributed by atoms with Gasteiger partial charge in [-0.3, -0.25) is 4.72 Å². The van der Waals surface area contributed by atoms with Crippen molar-refractivity contribution in [2.45, 2.75) is 18.6 Å². The first-order chi connectivity index (χ1) is 7.90. The molecule has 6 nitrogen and oxygen atoms in total. The molecule has 0 saturated heterocycles. The molecule has 0 aliphatic heterocycles. The van der Waals surface area contributed by atoms with Crippen LogP contribution in [0.5, 0.6) is 0 Å². The number of rotatable bonds is 4. The Morgan fingerprint density at radius 1 is 1.71 bits per heavy atom. The molecule has 0 spiro atoms. The summed E-state index contributed by atoms with van der Waals surface area (Å²) in [5, 5.41) is 7.63. The van der Waals surface area contributed by atoms with Crippen molar-refractivity contribution in [1.29, 1.82) is 5.26 Å². The van der Waals surface area contributed by atoms with Crippen molar-refractivity contribution >= 4 is 37.5 Å². The van der Waals surface area contributed by atoms with E-state index in [4.69, 9.17) is 11.0 Å². The fourth-order valence-corrected chi connectivity index (χ4v) is 2.86. The third-order valence-electron chi connectivity index (χ3n) is 1.99. The summed E-state index contributed by atoms with van der Waals surface area (Å²) in [6.45, 7) is 1.62. The molecule has 1 unspecified atom stereocenters. The molecule has 0 aliphatic carbocycles. The quantitative estimate of drug-likeness (QED) is 0.873. The summed E-state index contributed by atoms with van der Waals surface area (Å²) in [7, 11) is -3.76. The monoisotopic (exact) mass is 318 g/mol. The first-order valence-electron chi connectivity index (χ1n) is 4.73. The second kappa shape index (κ2) is 5.33. The number of halogens is 1. The summed E-state index contributed by atoms with van der Waals surface area (Å²) >= 11 is 3.14. The van der Waals surface area contributed by atoms with Crippen LogP contribution in [0.1, 0.15) is 13.3 Å². The predicted molar refractivity (Wildman–Crippen MR) is 68.6 cm³/mol. The van der Waals surface area contributed by atoms with Crippen molar-refractivity contribution in [2.75, 3.05) is 10.5 Å². The molecule has 1 heterocycles. The molecular weight excluding hydrogens is 308 g/mol. The van der Waals surface area contributed by atoms with E-state index in [2.05, 4.69) is 25.6 Å². The van der Waals surface area contributed by atoms with Crippen LogP contribution in [0, 0.1) is 11.3 Å². The molecule has 1 rings (SSSR count). The number of nitrogens with one attached hydrogen (secondary N) is 1. The number of nitrogen functional groups attached to an aromatic ring is 1. The summed E-state index contributed by atoms with van der Waals surface area (Å²) in [5.74, 6) is 0.118. The lowest BCUT2D eigenvalue weighted by molar-refractivity contribution is 0.592. The van der Waals surface area contributed by atoms with E-state index in [9.17, 15) is 8.42 Å². The molecule has 0 bridgehead atoms. The van der Waals surface area contributed by atoms with E-state index in [1.807, 2.05) is 0 Å². The number of sulfonamides is 1. The zero-order chi connectivity index (χ0) is 13.1.